The number of hydrogen-bond donors (Lipinski definition) is 2. The normalized spacial score (nSPS) is 11.3. The topological polar surface area (TPSA) is 87.7 Å². The first-order valence-corrected chi connectivity index (χ1v) is 12.3. The van der Waals surface area contributed by atoms with E-state index in [1.807, 2.05) is 61.5 Å². The molecule has 3 rings (SSSR count). The molecule has 3 aromatic carbocycles. The Morgan fingerprint density at radius 3 is 2.27 bits per heavy atom. The molecule has 0 fully saturated rings. The molecule has 8 heteroatoms. The van der Waals surface area contributed by atoms with Crippen molar-refractivity contribution in [3.05, 3.63) is 78.4 Å². The van der Waals surface area contributed by atoms with E-state index in [1.54, 1.807) is 26.0 Å². The monoisotopic (exact) mass is 467 g/mol. The van der Waals surface area contributed by atoms with Gasteiger partial charge < -0.3 is 15.4 Å². The van der Waals surface area contributed by atoms with E-state index in [2.05, 4.69) is 10.6 Å². The Bertz CT molecular complexity index is 1190. The zero-order valence-electron chi connectivity index (χ0n) is 19.0. The third kappa shape index (κ3) is 6.12. The molecule has 2 N–H and O–H groups in total. The molecule has 0 saturated carbocycles. The number of aryl methyl sites for hydroxylation is 1. The number of ether oxygens (including phenoxy) is 1. The highest BCUT2D eigenvalue weighted by Gasteiger charge is 2.22. The minimum absolute atomic E-state index is 0.0123. The van der Waals surface area contributed by atoms with Gasteiger partial charge in [0.1, 0.15) is 5.75 Å². The summed E-state index contributed by atoms with van der Waals surface area (Å²) >= 11 is 0. The van der Waals surface area contributed by atoms with Gasteiger partial charge in [-0.3, -0.25) is 4.79 Å². The Morgan fingerprint density at radius 2 is 1.58 bits per heavy atom. The summed E-state index contributed by atoms with van der Waals surface area (Å²) in [7, 11) is -3.62. The predicted molar refractivity (Wildman–Crippen MR) is 131 cm³/mol. The number of nitrogens with zero attached hydrogens (tertiary/aromatic N) is 1. The fraction of sp³-hybridized carbons (Fsp3) is 0.240. The minimum atomic E-state index is -3.62. The van der Waals surface area contributed by atoms with Crippen LogP contribution in [-0.2, 0) is 14.8 Å². The van der Waals surface area contributed by atoms with Crippen LogP contribution in [0.15, 0.2) is 77.7 Å². The highest BCUT2D eigenvalue weighted by atomic mass is 32.2. The van der Waals surface area contributed by atoms with Gasteiger partial charge in [0.2, 0.25) is 15.9 Å². The van der Waals surface area contributed by atoms with E-state index in [4.69, 9.17) is 4.74 Å². The largest absolute Gasteiger partial charge is 0.455 e. The summed E-state index contributed by atoms with van der Waals surface area (Å²) in [6, 6.07) is 21.5. The van der Waals surface area contributed by atoms with Crippen LogP contribution in [-0.4, -0.2) is 38.3 Å². The molecule has 0 aliphatic heterocycles. The minimum Gasteiger partial charge on any atom is -0.455 e. The number of carbonyl (C=O) groups excluding carboxylic acids is 1. The van der Waals surface area contributed by atoms with Crippen LogP contribution in [0.3, 0.4) is 0 Å². The molecule has 0 aliphatic carbocycles. The van der Waals surface area contributed by atoms with Crippen LogP contribution in [0.1, 0.15) is 19.4 Å². The first kappa shape index (κ1) is 24.3. The summed E-state index contributed by atoms with van der Waals surface area (Å²) in [5.74, 6) is 0.989. The van der Waals surface area contributed by atoms with Gasteiger partial charge in [-0.05, 0) is 48.9 Å². The number of anilines is 2. The van der Waals surface area contributed by atoms with Crippen molar-refractivity contribution in [3.63, 3.8) is 0 Å². The van der Waals surface area contributed by atoms with E-state index in [9.17, 15) is 13.2 Å². The van der Waals surface area contributed by atoms with Crippen LogP contribution < -0.4 is 15.4 Å². The zero-order chi connectivity index (χ0) is 23.8. The van der Waals surface area contributed by atoms with Crippen LogP contribution in [0, 0.1) is 6.92 Å². The Hall–Kier alpha value is -3.36. The number of sulfonamides is 1. The average Bonchev–Trinajstić information content (AvgIpc) is 2.81. The van der Waals surface area contributed by atoms with E-state index >= 15 is 0 Å². The van der Waals surface area contributed by atoms with Crippen LogP contribution >= 0.6 is 0 Å². The molecule has 0 atom stereocenters. The van der Waals surface area contributed by atoms with Crippen molar-refractivity contribution in [2.45, 2.75) is 25.7 Å². The van der Waals surface area contributed by atoms with Gasteiger partial charge >= 0.3 is 0 Å². The van der Waals surface area contributed by atoms with Gasteiger partial charge in [-0.15, -0.1) is 0 Å². The van der Waals surface area contributed by atoms with Crippen molar-refractivity contribution in [2.24, 2.45) is 0 Å². The average molecular weight is 468 g/mol. The Balaban J connectivity index is 1.70. The second-order valence-electron chi connectivity index (χ2n) is 7.38. The van der Waals surface area contributed by atoms with Crippen molar-refractivity contribution in [1.29, 1.82) is 0 Å². The van der Waals surface area contributed by atoms with Crippen molar-refractivity contribution in [2.75, 3.05) is 30.3 Å². The third-order valence-corrected chi connectivity index (χ3v) is 7.17. The number of amides is 1. The molecular weight excluding hydrogens is 438 g/mol. The van der Waals surface area contributed by atoms with Gasteiger partial charge in [0, 0.05) is 18.8 Å². The summed E-state index contributed by atoms with van der Waals surface area (Å²) in [6.45, 7) is 6.15. The number of rotatable bonds is 10. The lowest BCUT2D eigenvalue weighted by atomic mass is 10.2. The van der Waals surface area contributed by atoms with Crippen molar-refractivity contribution in [1.82, 2.24) is 4.31 Å². The Labute approximate surface area is 195 Å². The number of para-hydroxylation sites is 3. The first-order chi connectivity index (χ1) is 15.8. The molecule has 0 aliphatic rings. The summed E-state index contributed by atoms with van der Waals surface area (Å²) in [5, 5.41) is 5.90. The van der Waals surface area contributed by atoms with Crippen LogP contribution in [0.2, 0.25) is 0 Å². The SMILES string of the molecule is CCN(CC)S(=O)(=O)c1ccc(C)c(NC(=O)CNc2ccccc2Oc2ccccc2)c1. The molecule has 33 heavy (non-hydrogen) atoms. The van der Waals surface area contributed by atoms with E-state index in [1.165, 1.54) is 10.4 Å². The van der Waals surface area contributed by atoms with E-state index in [0.29, 0.717) is 36.0 Å². The maximum atomic E-state index is 12.8. The maximum absolute atomic E-state index is 12.8. The molecular formula is C25H29N3O4S. The lowest BCUT2D eigenvalue weighted by Crippen LogP contribution is -2.30. The van der Waals surface area contributed by atoms with Gasteiger partial charge in [-0.2, -0.15) is 4.31 Å². The Morgan fingerprint density at radius 1 is 0.909 bits per heavy atom. The summed E-state index contributed by atoms with van der Waals surface area (Å²) < 4.78 is 33.0. The molecule has 0 bridgehead atoms. The van der Waals surface area contributed by atoms with E-state index < -0.39 is 10.0 Å². The van der Waals surface area contributed by atoms with Crippen molar-refractivity contribution in [3.8, 4) is 11.5 Å². The number of benzene rings is 3. The van der Waals surface area contributed by atoms with Gasteiger partial charge in [-0.1, -0.05) is 50.2 Å². The van der Waals surface area contributed by atoms with Crippen molar-refractivity contribution >= 4 is 27.3 Å². The van der Waals surface area contributed by atoms with Crippen molar-refractivity contribution < 1.29 is 17.9 Å². The predicted octanol–water partition coefficient (Wildman–Crippen LogP) is 4.87. The second kappa shape index (κ2) is 11.0. The molecule has 7 nitrogen and oxygen atoms in total. The number of nitrogens with one attached hydrogen (secondary N) is 2. The smallest absolute Gasteiger partial charge is 0.243 e. The fourth-order valence-corrected chi connectivity index (χ4v) is 4.78. The molecule has 1 amide bonds. The Kier molecular flexibility index (Phi) is 8.08. The summed E-state index contributed by atoms with van der Waals surface area (Å²) in [4.78, 5) is 12.8. The molecule has 0 radical (unpaired) electrons. The fourth-order valence-electron chi connectivity index (χ4n) is 3.30. The molecule has 0 heterocycles. The quantitative estimate of drug-likeness (QED) is 0.444. The third-order valence-electron chi connectivity index (χ3n) is 5.12. The van der Waals surface area contributed by atoms with Crippen LogP contribution in [0.4, 0.5) is 11.4 Å². The number of hydrogen-bond acceptors (Lipinski definition) is 5. The summed E-state index contributed by atoms with van der Waals surface area (Å²) in [6.07, 6.45) is 0. The standard InChI is InChI=1S/C25H29N3O4S/c1-4-28(5-2)33(30,31)21-16-15-19(3)23(17-21)27-25(29)18-26-22-13-9-10-14-24(22)32-20-11-7-6-8-12-20/h6-17,26H,4-5,18H2,1-3H3,(H,27,29). The highest BCUT2D eigenvalue weighted by molar-refractivity contribution is 7.89. The lowest BCUT2D eigenvalue weighted by molar-refractivity contribution is -0.114. The molecule has 0 saturated heterocycles. The molecule has 0 aromatic heterocycles. The van der Waals surface area contributed by atoms with Crippen LogP contribution in [0.5, 0.6) is 11.5 Å². The molecule has 3 aromatic rings. The second-order valence-corrected chi connectivity index (χ2v) is 9.32. The van der Waals surface area contributed by atoms with Crippen LogP contribution in [0.25, 0.3) is 0 Å². The summed E-state index contributed by atoms with van der Waals surface area (Å²) in [5.41, 5.74) is 1.91. The molecule has 0 spiro atoms. The highest BCUT2D eigenvalue weighted by Crippen LogP contribution is 2.29. The van der Waals surface area contributed by atoms with Gasteiger partial charge in [0.05, 0.1) is 17.1 Å². The molecule has 174 valence electrons. The molecule has 0 unspecified atom stereocenters. The van der Waals surface area contributed by atoms with Gasteiger partial charge in [0.15, 0.2) is 5.75 Å². The zero-order valence-corrected chi connectivity index (χ0v) is 19.9. The maximum Gasteiger partial charge on any atom is 0.243 e. The van der Waals surface area contributed by atoms with E-state index in [-0.39, 0.29) is 17.3 Å². The van der Waals surface area contributed by atoms with Gasteiger partial charge in [0.25, 0.3) is 0 Å². The van der Waals surface area contributed by atoms with E-state index in [0.717, 1.165) is 5.56 Å². The number of carbonyl (C=O) groups is 1. The lowest BCUT2D eigenvalue weighted by Gasteiger charge is -2.19. The first-order valence-electron chi connectivity index (χ1n) is 10.8. The van der Waals surface area contributed by atoms with Gasteiger partial charge in [-0.25, -0.2) is 8.42 Å².